The van der Waals surface area contributed by atoms with Crippen LogP contribution in [-0.4, -0.2) is 6.21 Å². The molecule has 0 fully saturated rings. The van der Waals surface area contributed by atoms with E-state index < -0.39 is 0 Å². The Morgan fingerprint density at radius 1 is 0.828 bits per heavy atom. The Labute approximate surface area is 176 Å². The highest BCUT2D eigenvalue weighted by atomic mass is 15.3. The lowest BCUT2D eigenvalue weighted by molar-refractivity contribution is 0.835. The molecule has 2 aromatic rings. The average Bonchev–Trinajstić information content (AvgIpc) is 2.95. The monoisotopic (exact) mass is 386 g/mol. The van der Waals surface area contributed by atoms with Crippen molar-refractivity contribution in [1.82, 2.24) is 0 Å². The van der Waals surface area contributed by atoms with Crippen molar-refractivity contribution in [3.8, 4) is 0 Å². The van der Waals surface area contributed by atoms with E-state index in [1.54, 1.807) is 0 Å². The van der Waals surface area contributed by atoms with Crippen LogP contribution in [0.4, 0.5) is 5.69 Å². The van der Waals surface area contributed by atoms with E-state index in [-0.39, 0.29) is 0 Å². The van der Waals surface area contributed by atoms with Crippen LogP contribution in [0.15, 0.2) is 64.3 Å². The topological polar surface area (TPSA) is 24.4 Å². The number of hydrazone groups is 1. The number of nitrogens with zero attached hydrogens (tertiary/aromatic N) is 1. The van der Waals surface area contributed by atoms with E-state index in [1.807, 2.05) is 6.21 Å². The summed E-state index contributed by atoms with van der Waals surface area (Å²) >= 11 is 0. The van der Waals surface area contributed by atoms with Crippen LogP contribution >= 0.6 is 0 Å². The van der Waals surface area contributed by atoms with Gasteiger partial charge in [0.2, 0.25) is 0 Å². The normalized spacial score (nSPS) is 14.8. The number of rotatable bonds is 6. The molecule has 0 aromatic heterocycles. The minimum absolute atomic E-state index is 0.446. The molecule has 0 spiro atoms. The Kier molecular flexibility index (Phi) is 6.42. The highest BCUT2D eigenvalue weighted by Crippen LogP contribution is 2.38. The molecule has 1 aliphatic rings. The van der Waals surface area contributed by atoms with Crippen LogP contribution in [0, 0.1) is 0 Å². The standard InChI is InChI=1S/C27H34N2/c1-17(2)23-13-10-14-24(18(3)4)27(23)29-28-16-22-11-8-9-12-25(22)26-15-19(5)20(6)21(26)7/h8-14,16-18,29H,15H2,1-7H3/b28-16+. The Hall–Kier alpha value is -2.61. The zero-order valence-electron chi connectivity index (χ0n) is 18.9. The molecule has 2 nitrogen and oxygen atoms in total. The minimum Gasteiger partial charge on any atom is -0.278 e. The SMILES string of the molecule is CC1=C(C)C(C)=C(c2ccccc2/C=N/Nc2c(C(C)C)cccc2C(C)C)C1. The first-order valence-electron chi connectivity index (χ1n) is 10.7. The number of nitrogens with one attached hydrogen (secondary N) is 1. The van der Waals surface area contributed by atoms with Crippen LogP contribution in [0.3, 0.4) is 0 Å². The zero-order chi connectivity index (χ0) is 21.1. The van der Waals surface area contributed by atoms with Gasteiger partial charge in [0.15, 0.2) is 0 Å². The van der Waals surface area contributed by atoms with Gasteiger partial charge in [0.1, 0.15) is 0 Å². The molecule has 0 unspecified atom stereocenters. The van der Waals surface area contributed by atoms with Crippen molar-refractivity contribution in [2.45, 2.75) is 66.7 Å². The first-order valence-corrected chi connectivity index (χ1v) is 10.7. The van der Waals surface area contributed by atoms with Crippen LogP contribution in [0.2, 0.25) is 0 Å². The third-order valence-corrected chi connectivity index (χ3v) is 6.14. The molecule has 0 aliphatic heterocycles. The van der Waals surface area contributed by atoms with Gasteiger partial charge in [-0.1, -0.05) is 75.7 Å². The summed E-state index contributed by atoms with van der Waals surface area (Å²) in [5.41, 5.74) is 15.3. The first-order chi connectivity index (χ1) is 13.8. The largest absolute Gasteiger partial charge is 0.278 e. The second kappa shape index (κ2) is 8.82. The van der Waals surface area contributed by atoms with E-state index >= 15 is 0 Å². The van der Waals surface area contributed by atoms with Gasteiger partial charge in [0.25, 0.3) is 0 Å². The van der Waals surface area contributed by atoms with Crippen LogP contribution in [0.1, 0.15) is 89.0 Å². The van der Waals surface area contributed by atoms with Gasteiger partial charge < -0.3 is 0 Å². The maximum absolute atomic E-state index is 4.68. The molecule has 1 N–H and O–H groups in total. The van der Waals surface area contributed by atoms with Crippen molar-refractivity contribution in [3.63, 3.8) is 0 Å². The van der Waals surface area contributed by atoms with Crippen molar-refractivity contribution in [1.29, 1.82) is 0 Å². The summed E-state index contributed by atoms with van der Waals surface area (Å²) in [5, 5.41) is 4.68. The summed E-state index contributed by atoms with van der Waals surface area (Å²) in [6, 6.07) is 15.1. The van der Waals surface area contributed by atoms with E-state index in [1.165, 1.54) is 39.0 Å². The lowest BCUT2D eigenvalue weighted by Crippen LogP contribution is -2.04. The molecule has 0 bridgehead atoms. The fraction of sp³-hybridized carbons (Fsp3) is 0.370. The summed E-state index contributed by atoms with van der Waals surface area (Å²) in [4.78, 5) is 0. The summed E-state index contributed by atoms with van der Waals surface area (Å²) in [7, 11) is 0. The molecule has 29 heavy (non-hydrogen) atoms. The molecule has 0 atom stereocenters. The molecule has 2 heteroatoms. The fourth-order valence-corrected chi connectivity index (χ4v) is 4.10. The second-order valence-electron chi connectivity index (χ2n) is 8.76. The van der Waals surface area contributed by atoms with Crippen molar-refractivity contribution >= 4 is 17.5 Å². The summed E-state index contributed by atoms with van der Waals surface area (Å²) in [6.07, 6.45) is 3.00. The predicted octanol–water partition coefficient (Wildman–Crippen LogP) is 7.89. The van der Waals surface area contributed by atoms with Crippen LogP contribution < -0.4 is 5.43 Å². The van der Waals surface area contributed by atoms with E-state index in [4.69, 9.17) is 0 Å². The molecule has 0 amide bonds. The quantitative estimate of drug-likeness (QED) is 0.396. The third kappa shape index (κ3) is 4.37. The van der Waals surface area contributed by atoms with E-state index in [0.29, 0.717) is 11.8 Å². The third-order valence-electron chi connectivity index (χ3n) is 6.14. The van der Waals surface area contributed by atoms with Gasteiger partial charge in [-0.2, -0.15) is 5.10 Å². The maximum Gasteiger partial charge on any atom is 0.0630 e. The van der Waals surface area contributed by atoms with Crippen molar-refractivity contribution in [3.05, 3.63) is 81.4 Å². The van der Waals surface area contributed by atoms with E-state index in [9.17, 15) is 0 Å². The number of hydrogen-bond donors (Lipinski definition) is 1. The van der Waals surface area contributed by atoms with Crippen LogP contribution in [0.5, 0.6) is 0 Å². The van der Waals surface area contributed by atoms with Crippen molar-refractivity contribution < 1.29 is 0 Å². The highest BCUT2D eigenvalue weighted by molar-refractivity contribution is 5.91. The summed E-state index contributed by atoms with van der Waals surface area (Å²) < 4.78 is 0. The summed E-state index contributed by atoms with van der Waals surface area (Å²) in [5.74, 6) is 0.893. The smallest absolute Gasteiger partial charge is 0.0630 e. The van der Waals surface area contributed by atoms with Gasteiger partial charge in [-0.25, -0.2) is 0 Å². The number of benzene rings is 2. The van der Waals surface area contributed by atoms with Gasteiger partial charge in [-0.15, -0.1) is 0 Å². The molecule has 0 saturated carbocycles. The lowest BCUT2D eigenvalue weighted by Gasteiger charge is -2.18. The molecule has 0 heterocycles. The molecule has 152 valence electrons. The average molecular weight is 387 g/mol. The van der Waals surface area contributed by atoms with E-state index in [2.05, 4.69) is 101 Å². The highest BCUT2D eigenvalue weighted by Gasteiger charge is 2.18. The van der Waals surface area contributed by atoms with Gasteiger partial charge in [-0.05, 0) is 72.4 Å². The van der Waals surface area contributed by atoms with Gasteiger partial charge >= 0.3 is 0 Å². The molecule has 0 saturated heterocycles. The molecule has 3 rings (SSSR count). The Bertz CT molecular complexity index is 961. The Morgan fingerprint density at radius 3 is 2.00 bits per heavy atom. The van der Waals surface area contributed by atoms with Gasteiger partial charge in [0.05, 0.1) is 11.9 Å². The molecule has 0 radical (unpaired) electrons. The molecule has 2 aromatic carbocycles. The van der Waals surface area contributed by atoms with Crippen molar-refractivity contribution in [2.24, 2.45) is 5.10 Å². The first kappa shape index (κ1) is 21.1. The number of anilines is 1. The zero-order valence-corrected chi connectivity index (χ0v) is 18.9. The molecule has 1 aliphatic carbocycles. The number of hydrogen-bond acceptors (Lipinski definition) is 2. The fourth-order valence-electron chi connectivity index (χ4n) is 4.10. The van der Waals surface area contributed by atoms with Crippen LogP contribution in [-0.2, 0) is 0 Å². The predicted molar refractivity (Wildman–Crippen MR) is 128 cm³/mol. The second-order valence-corrected chi connectivity index (χ2v) is 8.76. The van der Waals surface area contributed by atoms with Gasteiger partial charge in [-0.3, -0.25) is 5.43 Å². The molecular weight excluding hydrogens is 352 g/mol. The maximum atomic E-state index is 4.68. The van der Waals surface area contributed by atoms with Crippen LogP contribution in [0.25, 0.3) is 5.57 Å². The Morgan fingerprint density at radius 2 is 1.45 bits per heavy atom. The number of para-hydroxylation sites is 1. The van der Waals surface area contributed by atoms with Crippen molar-refractivity contribution in [2.75, 3.05) is 5.43 Å². The number of allylic oxidation sites excluding steroid dienone is 4. The Balaban J connectivity index is 1.93. The van der Waals surface area contributed by atoms with E-state index in [0.717, 1.165) is 17.7 Å². The summed E-state index contributed by atoms with van der Waals surface area (Å²) in [6.45, 7) is 15.6. The lowest BCUT2D eigenvalue weighted by atomic mass is 9.93. The molecular formula is C27H34N2. The van der Waals surface area contributed by atoms with Gasteiger partial charge in [0, 0.05) is 5.56 Å². The minimum atomic E-state index is 0.446.